The van der Waals surface area contributed by atoms with Gasteiger partial charge in [-0.2, -0.15) is 0 Å². The standard InChI is InChI=1S/C25H23FN6/c1-16-6-7-18(13-22(16)17(2)29-20-10-8-19(26)9-11-20)21-5-4-12-32-23(21)14-27-25(32)24-15-28-30-31(24)3/h4-15,25,27,29H,2H2,1,3H3. The first kappa shape index (κ1) is 19.8. The van der Waals surface area contributed by atoms with E-state index in [1.165, 1.54) is 12.1 Å². The van der Waals surface area contributed by atoms with Crippen LogP contribution in [0, 0.1) is 12.7 Å². The molecule has 2 aliphatic heterocycles. The molecule has 0 radical (unpaired) electrons. The van der Waals surface area contributed by atoms with Crippen molar-refractivity contribution in [1.29, 1.82) is 0 Å². The number of nitrogens with zero attached hydrogens (tertiary/aromatic N) is 4. The van der Waals surface area contributed by atoms with Crippen LogP contribution in [0.4, 0.5) is 10.1 Å². The highest BCUT2D eigenvalue weighted by Crippen LogP contribution is 2.38. The van der Waals surface area contributed by atoms with Crippen LogP contribution in [-0.2, 0) is 7.05 Å². The molecule has 2 aromatic carbocycles. The third-order valence-corrected chi connectivity index (χ3v) is 5.76. The number of aryl methyl sites for hydroxylation is 2. The first-order valence-corrected chi connectivity index (χ1v) is 10.3. The summed E-state index contributed by atoms with van der Waals surface area (Å²) in [5, 5.41) is 14.8. The fourth-order valence-electron chi connectivity index (χ4n) is 4.06. The molecule has 0 amide bonds. The molecule has 32 heavy (non-hydrogen) atoms. The highest BCUT2D eigenvalue weighted by molar-refractivity contribution is 5.85. The van der Waals surface area contributed by atoms with E-state index < -0.39 is 0 Å². The minimum atomic E-state index is -0.264. The molecular weight excluding hydrogens is 403 g/mol. The molecule has 0 aliphatic carbocycles. The Balaban J connectivity index is 1.42. The van der Waals surface area contributed by atoms with Crippen molar-refractivity contribution in [3.8, 4) is 0 Å². The van der Waals surface area contributed by atoms with Crippen LogP contribution in [-0.4, -0.2) is 19.9 Å². The van der Waals surface area contributed by atoms with Gasteiger partial charge in [0.2, 0.25) is 0 Å². The monoisotopic (exact) mass is 426 g/mol. The molecule has 7 heteroatoms. The topological polar surface area (TPSA) is 58.0 Å². The summed E-state index contributed by atoms with van der Waals surface area (Å²) in [6.07, 6.45) is 9.94. The second-order valence-corrected chi connectivity index (χ2v) is 7.85. The van der Waals surface area contributed by atoms with Gasteiger partial charge in [0, 0.05) is 42.0 Å². The number of nitrogens with one attached hydrogen (secondary N) is 2. The van der Waals surface area contributed by atoms with Gasteiger partial charge in [0.15, 0.2) is 0 Å². The normalized spacial score (nSPS) is 16.8. The van der Waals surface area contributed by atoms with E-state index in [9.17, 15) is 4.39 Å². The molecule has 2 aliphatic rings. The maximum Gasteiger partial charge on any atom is 0.148 e. The summed E-state index contributed by atoms with van der Waals surface area (Å²) in [4.78, 5) is 2.18. The molecule has 0 saturated heterocycles. The number of fused-ring (bicyclic) bond motifs is 1. The lowest BCUT2D eigenvalue weighted by Gasteiger charge is -2.29. The summed E-state index contributed by atoms with van der Waals surface area (Å²) in [6.45, 7) is 6.27. The lowest BCUT2D eigenvalue weighted by molar-refractivity contribution is 0.343. The molecule has 1 aromatic heterocycles. The zero-order valence-electron chi connectivity index (χ0n) is 17.9. The van der Waals surface area contributed by atoms with Gasteiger partial charge in [0.25, 0.3) is 0 Å². The van der Waals surface area contributed by atoms with Crippen molar-refractivity contribution in [3.05, 3.63) is 114 Å². The van der Waals surface area contributed by atoms with Crippen molar-refractivity contribution in [3.63, 3.8) is 0 Å². The first-order chi connectivity index (χ1) is 15.5. The fraction of sp³-hybridized carbons (Fsp3) is 0.120. The first-order valence-electron chi connectivity index (χ1n) is 10.3. The minimum absolute atomic E-state index is 0.0648. The maximum atomic E-state index is 13.2. The Bertz CT molecular complexity index is 1280. The van der Waals surface area contributed by atoms with Crippen LogP contribution in [0.15, 0.2) is 85.5 Å². The van der Waals surface area contributed by atoms with Crippen molar-refractivity contribution in [2.45, 2.75) is 13.1 Å². The van der Waals surface area contributed by atoms with Crippen molar-refractivity contribution >= 4 is 17.0 Å². The zero-order valence-corrected chi connectivity index (χ0v) is 17.9. The van der Waals surface area contributed by atoms with Gasteiger partial charge in [-0.1, -0.05) is 30.0 Å². The number of benzene rings is 2. The highest BCUT2D eigenvalue weighted by Gasteiger charge is 2.31. The van der Waals surface area contributed by atoms with E-state index in [2.05, 4.69) is 69.8 Å². The molecule has 0 fully saturated rings. The average Bonchev–Trinajstić information content (AvgIpc) is 3.41. The summed E-state index contributed by atoms with van der Waals surface area (Å²) in [5.74, 6) is -0.264. The van der Waals surface area contributed by atoms with Gasteiger partial charge in [-0.25, -0.2) is 9.07 Å². The van der Waals surface area contributed by atoms with Crippen molar-refractivity contribution in [2.75, 3.05) is 5.32 Å². The molecule has 0 saturated carbocycles. The van der Waals surface area contributed by atoms with E-state index in [4.69, 9.17) is 0 Å². The number of hydrogen-bond acceptors (Lipinski definition) is 5. The Morgan fingerprint density at radius 1 is 1.19 bits per heavy atom. The Morgan fingerprint density at radius 2 is 2.00 bits per heavy atom. The van der Waals surface area contributed by atoms with Crippen LogP contribution < -0.4 is 10.6 Å². The van der Waals surface area contributed by atoms with E-state index in [0.717, 1.165) is 45.0 Å². The second kappa shape index (κ2) is 7.85. The van der Waals surface area contributed by atoms with Gasteiger partial charge in [-0.15, -0.1) is 5.10 Å². The Kier molecular flexibility index (Phi) is 4.86. The summed E-state index contributed by atoms with van der Waals surface area (Å²) >= 11 is 0. The molecule has 5 rings (SSSR count). The molecule has 1 unspecified atom stereocenters. The maximum absolute atomic E-state index is 13.2. The van der Waals surface area contributed by atoms with Crippen molar-refractivity contribution in [2.24, 2.45) is 7.05 Å². The quantitative estimate of drug-likeness (QED) is 0.619. The van der Waals surface area contributed by atoms with Crippen molar-refractivity contribution < 1.29 is 4.39 Å². The van der Waals surface area contributed by atoms with Gasteiger partial charge in [-0.05, 0) is 54.5 Å². The Labute approximate surface area is 186 Å². The van der Waals surface area contributed by atoms with Gasteiger partial charge < -0.3 is 15.5 Å². The summed E-state index contributed by atoms with van der Waals surface area (Å²) in [5.41, 5.74) is 7.91. The van der Waals surface area contributed by atoms with Crippen LogP contribution in [0.25, 0.3) is 11.3 Å². The lowest BCUT2D eigenvalue weighted by Crippen LogP contribution is -2.27. The van der Waals surface area contributed by atoms with Crippen LogP contribution in [0.2, 0.25) is 0 Å². The average molecular weight is 426 g/mol. The molecule has 6 nitrogen and oxygen atoms in total. The largest absolute Gasteiger partial charge is 0.364 e. The molecule has 2 N–H and O–H groups in total. The zero-order chi connectivity index (χ0) is 22.2. The molecule has 3 aromatic rings. The third kappa shape index (κ3) is 3.47. The number of allylic oxidation sites excluding steroid dienone is 3. The Morgan fingerprint density at radius 3 is 2.75 bits per heavy atom. The molecule has 1 atom stereocenters. The molecule has 160 valence electrons. The second-order valence-electron chi connectivity index (χ2n) is 7.85. The van der Waals surface area contributed by atoms with E-state index in [-0.39, 0.29) is 12.0 Å². The van der Waals surface area contributed by atoms with Crippen LogP contribution in [0.3, 0.4) is 0 Å². The van der Waals surface area contributed by atoms with E-state index in [1.54, 1.807) is 23.0 Å². The van der Waals surface area contributed by atoms with Gasteiger partial charge in [0.05, 0.1) is 11.9 Å². The predicted molar refractivity (Wildman–Crippen MR) is 124 cm³/mol. The van der Waals surface area contributed by atoms with Gasteiger partial charge in [-0.3, -0.25) is 0 Å². The molecule has 3 heterocycles. The van der Waals surface area contributed by atoms with Crippen molar-refractivity contribution in [1.82, 2.24) is 25.2 Å². The smallest absolute Gasteiger partial charge is 0.148 e. The van der Waals surface area contributed by atoms with Crippen LogP contribution >= 0.6 is 0 Å². The van der Waals surface area contributed by atoms with E-state index >= 15 is 0 Å². The number of rotatable bonds is 5. The van der Waals surface area contributed by atoms with Crippen LogP contribution in [0.5, 0.6) is 0 Å². The summed E-state index contributed by atoms with van der Waals surface area (Å²) in [7, 11) is 1.89. The molecule has 0 bridgehead atoms. The van der Waals surface area contributed by atoms with E-state index in [1.807, 2.05) is 19.3 Å². The number of aromatic nitrogens is 3. The minimum Gasteiger partial charge on any atom is -0.364 e. The summed E-state index contributed by atoms with van der Waals surface area (Å²) in [6, 6.07) is 12.6. The van der Waals surface area contributed by atoms with Gasteiger partial charge in [0.1, 0.15) is 17.7 Å². The number of hydrogen-bond donors (Lipinski definition) is 2. The number of anilines is 1. The van der Waals surface area contributed by atoms with Crippen LogP contribution in [0.1, 0.15) is 28.6 Å². The Hall–Kier alpha value is -4.13. The number of halogens is 1. The predicted octanol–water partition coefficient (Wildman–Crippen LogP) is 4.70. The fourth-order valence-corrected chi connectivity index (χ4v) is 4.06. The molecular formula is C25H23FN6. The van der Waals surface area contributed by atoms with E-state index in [0.29, 0.717) is 0 Å². The lowest BCUT2D eigenvalue weighted by atomic mass is 9.95. The summed E-state index contributed by atoms with van der Waals surface area (Å²) < 4.78 is 15.0. The highest BCUT2D eigenvalue weighted by atomic mass is 19.1. The molecule has 0 spiro atoms. The van der Waals surface area contributed by atoms with Gasteiger partial charge >= 0.3 is 0 Å². The SMILES string of the molecule is C=C(Nc1ccc(F)cc1)c1cc(C2=CC=CN3C2=CNC3c2cnnn2C)ccc1C. The third-order valence-electron chi connectivity index (χ3n) is 5.76.